The van der Waals surface area contributed by atoms with Crippen LogP contribution in [0.5, 0.6) is 0 Å². The van der Waals surface area contributed by atoms with Crippen LogP contribution in [0.4, 0.5) is 15.9 Å². The second-order valence-electron chi connectivity index (χ2n) is 7.63. The van der Waals surface area contributed by atoms with Crippen molar-refractivity contribution in [1.29, 1.82) is 0 Å². The number of nitrogens with zero attached hydrogens (tertiary/aromatic N) is 7. The molecule has 0 unspecified atom stereocenters. The lowest BCUT2D eigenvalue weighted by Crippen LogP contribution is -2.32. The number of hydrogen-bond acceptors (Lipinski definition) is 7. The molecule has 0 saturated carbocycles. The van der Waals surface area contributed by atoms with Crippen LogP contribution in [0.2, 0.25) is 0 Å². The maximum atomic E-state index is 14.7. The summed E-state index contributed by atoms with van der Waals surface area (Å²) in [7, 11) is 0. The normalized spacial score (nSPS) is 14.2. The lowest BCUT2D eigenvalue weighted by atomic mass is 10.2. The van der Waals surface area contributed by atoms with E-state index in [9.17, 15) is 4.39 Å². The molecule has 0 bridgehead atoms. The molecule has 1 saturated heterocycles. The van der Waals surface area contributed by atoms with E-state index in [1.807, 2.05) is 12.1 Å². The SMILES string of the molecule is Fc1ccc(Br)cc1-c1nc(N(CCN2CCCC2)c2ccncc2)c2nccnc2n1. The second-order valence-corrected chi connectivity index (χ2v) is 8.55. The molecule has 1 aliphatic rings. The Morgan fingerprint density at radius 1 is 0.969 bits per heavy atom. The maximum Gasteiger partial charge on any atom is 0.184 e. The Morgan fingerprint density at radius 3 is 2.56 bits per heavy atom. The Morgan fingerprint density at radius 2 is 1.75 bits per heavy atom. The van der Waals surface area contributed by atoms with Crippen molar-refractivity contribution < 1.29 is 4.39 Å². The first-order valence-electron chi connectivity index (χ1n) is 10.5. The molecular weight excluding hydrogens is 473 g/mol. The van der Waals surface area contributed by atoms with Crippen LogP contribution in [0.3, 0.4) is 0 Å². The van der Waals surface area contributed by atoms with Crippen LogP contribution >= 0.6 is 15.9 Å². The molecule has 0 amide bonds. The number of fused-ring (bicyclic) bond motifs is 1. The van der Waals surface area contributed by atoms with Crippen molar-refractivity contribution in [2.45, 2.75) is 12.8 Å². The number of anilines is 2. The van der Waals surface area contributed by atoms with Crippen LogP contribution in [0.15, 0.2) is 59.6 Å². The molecule has 4 aromatic rings. The summed E-state index contributed by atoms with van der Waals surface area (Å²) in [6.07, 6.45) is 9.16. The van der Waals surface area contributed by atoms with E-state index in [2.05, 4.69) is 45.7 Å². The highest BCUT2D eigenvalue weighted by molar-refractivity contribution is 9.10. The molecule has 0 N–H and O–H groups in total. The average molecular weight is 494 g/mol. The van der Waals surface area contributed by atoms with Gasteiger partial charge in [-0.2, -0.15) is 0 Å². The Kier molecular flexibility index (Phi) is 6.00. The molecule has 32 heavy (non-hydrogen) atoms. The number of halogens is 2. The molecular formula is C23H21BrFN7. The molecule has 1 fully saturated rings. The minimum absolute atomic E-state index is 0.270. The molecule has 9 heteroatoms. The van der Waals surface area contributed by atoms with E-state index < -0.39 is 5.82 Å². The summed E-state index contributed by atoms with van der Waals surface area (Å²) in [4.78, 5) is 26.9. The minimum atomic E-state index is -0.394. The summed E-state index contributed by atoms with van der Waals surface area (Å²) in [5.74, 6) is 0.477. The molecule has 4 heterocycles. The average Bonchev–Trinajstić information content (AvgIpc) is 3.35. The Bertz CT molecular complexity index is 1230. The van der Waals surface area contributed by atoms with Gasteiger partial charge < -0.3 is 9.80 Å². The molecule has 1 aromatic carbocycles. The Labute approximate surface area is 193 Å². The smallest absolute Gasteiger partial charge is 0.184 e. The van der Waals surface area contributed by atoms with Crippen LogP contribution in [-0.2, 0) is 0 Å². The van der Waals surface area contributed by atoms with Crippen molar-refractivity contribution in [2.75, 3.05) is 31.1 Å². The minimum Gasteiger partial charge on any atom is -0.323 e. The fraction of sp³-hybridized carbons (Fsp3) is 0.261. The molecule has 162 valence electrons. The highest BCUT2D eigenvalue weighted by atomic mass is 79.9. The van der Waals surface area contributed by atoms with Crippen molar-refractivity contribution in [1.82, 2.24) is 29.8 Å². The Hall–Kier alpha value is -3.04. The van der Waals surface area contributed by atoms with E-state index in [1.54, 1.807) is 36.9 Å². The van der Waals surface area contributed by atoms with Gasteiger partial charge in [-0.15, -0.1) is 0 Å². The van der Waals surface area contributed by atoms with Gasteiger partial charge >= 0.3 is 0 Å². The van der Waals surface area contributed by atoms with Gasteiger partial charge in [-0.05, 0) is 56.3 Å². The summed E-state index contributed by atoms with van der Waals surface area (Å²) in [5.41, 5.74) is 2.24. The van der Waals surface area contributed by atoms with Crippen LogP contribution in [-0.4, -0.2) is 56.0 Å². The molecule has 1 aliphatic heterocycles. The largest absolute Gasteiger partial charge is 0.323 e. The predicted octanol–water partition coefficient (Wildman–Crippen LogP) is 4.62. The van der Waals surface area contributed by atoms with E-state index in [-0.39, 0.29) is 5.82 Å². The predicted molar refractivity (Wildman–Crippen MR) is 125 cm³/mol. The van der Waals surface area contributed by atoms with Gasteiger partial charge in [-0.3, -0.25) is 4.98 Å². The molecule has 5 rings (SSSR count). The van der Waals surface area contributed by atoms with Gasteiger partial charge in [0.2, 0.25) is 0 Å². The van der Waals surface area contributed by atoms with Crippen LogP contribution in [0.1, 0.15) is 12.8 Å². The topological polar surface area (TPSA) is 70.9 Å². The first kappa shape index (κ1) is 20.8. The van der Waals surface area contributed by atoms with E-state index in [1.165, 1.54) is 18.9 Å². The van der Waals surface area contributed by atoms with Gasteiger partial charge in [0.05, 0.1) is 5.56 Å². The lowest BCUT2D eigenvalue weighted by molar-refractivity contribution is 0.348. The first-order chi connectivity index (χ1) is 15.7. The third kappa shape index (κ3) is 4.31. The first-order valence-corrected chi connectivity index (χ1v) is 11.3. The zero-order chi connectivity index (χ0) is 21.9. The number of benzene rings is 1. The zero-order valence-electron chi connectivity index (χ0n) is 17.3. The van der Waals surface area contributed by atoms with Crippen molar-refractivity contribution in [3.63, 3.8) is 0 Å². The van der Waals surface area contributed by atoms with Crippen LogP contribution < -0.4 is 4.90 Å². The fourth-order valence-electron chi connectivity index (χ4n) is 3.96. The molecule has 0 aliphatic carbocycles. The number of aromatic nitrogens is 5. The van der Waals surface area contributed by atoms with Crippen molar-refractivity contribution >= 4 is 38.6 Å². The number of rotatable bonds is 6. The molecule has 0 spiro atoms. The monoisotopic (exact) mass is 493 g/mol. The van der Waals surface area contributed by atoms with Gasteiger partial charge in [-0.1, -0.05) is 15.9 Å². The van der Waals surface area contributed by atoms with E-state index in [4.69, 9.17) is 4.98 Å². The summed E-state index contributed by atoms with van der Waals surface area (Å²) >= 11 is 3.42. The summed E-state index contributed by atoms with van der Waals surface area (Å²) in [5, 5.41) is 0. The quantitative estimate of drug-likeness (QED) is 0.388. The summed E-state index contributed by atoms with van der Waals surface area (Å²) < 4.78 is 15.4. The van der Waals surface area contributed by atoms with Crippen molar-refractivity contribution in [3.05, 3.63) is 65.4 Å². The number of likely N-dealkylation sites (tertiary alicyclic amines) is 1. The molecule has 7 nitrogen and oxygen atoms in total. The van der Waals surface area contributed by atoms with Gasteiger partial charge in [0.25, 0.3) is 0 Å². The highest BCUT2D eigenvalue weighted by Gasteiger charge is 2.22. The fourth-order valence-corrected chi connectivity index (χ4v) is 4.32. The van der Waals surface area contributed by atoms with Crippen LogP contribution in [0, 0.1) is 5.82 Å². The number of pyridine rings is 1. The third-order valence-electron chi connectivity index (χ3n) is 5.55. The van der Waals surface area contributed by atoms with Crippen molar-refractivity contribution in [3.8, 4) is 11.4 Å². The van der Waals surface area contributed by atoms with E-state index in [0.29, 0.717) is 29.1 Å². The van der Waals surface area contributed by atoms with Gasteiger partial charge in [0, 0.05) is 48.0 Å². The zero-order valence-corrected chi connectivity index (χ0v) is 18.9. The van der Waals surface area contributed by atoms with E-state index in [0.717, 1.165) is 29.8 Å². The second kappa shape index (κ2) is 9.22. The van der Waals surface area contributed by atoms with Gasteiger partial charge in [0.15, 0.2) is 22.8 Å². The Balaban J connectivity index is 1.65. The van der Waals surface area contributed by atoms with E-state index >= 15 is 0 Å². The molecule has 0 radical (unpaired) electrons. The summed E-state index contributed by atoms with van der Waals surface area (Å²) in [6, 6.07) is 8.61. The third-order valence-corrected chi connectivity index (χ3v) is 6.05. The summed E-state index contributed by atoms with van der Waals surface area (Å²) in [6.45, 7) is 3.79. The number of hydrogen-bond donors (Lipinski definition) is 0. The lowest BCUT2D eigenvalue weighted by Gasteiger charge is -2.27. The molecule has 3 aromatic heterocycles. The standard InChI is InChI=1S/C23H21BrFN7/c24-16-3-4-19(25)18(15-16)21-29-22-20(27-9-10-28-22)23(30-21)32(17-5-7-26-8-6-17)14-13-31-11-1-2-12-31/h3-10,15H,1-2,11-14H2. The van der Waals surface area contributed by atoms with Gasteiger partial charge in [0.1, 0.15) is 5.82 Å². The molecule has 0 atom stereocenters. The van der Waals surface area contributed by atoms with Crippen LogP contribution in [0.25, 0.3) is 22.6 Å². The maximum absolute atomic E-state index is 14.7. The van der Waals surface area contributed by atoms with Crippen molar-refractivity contribution in [2.24, 2.45) is 0 Å². The van der Waals surface area contributed by atoms with Gasteiger partial charge in [-0.25, -0.2) is 24.3 Å². The highest BCUT2D eigenvalue weighted by Crippen LogP contribution is 2.32.